The van der Waals surface area contributed by atoms with Crippen molar-refractivity contribution in [2.24, 2.45) is 0 Å². The predicted molar refractivity (Wildman–Crippen MR) is 105 cm³/mol. The Morgan fingerprint density at radius 2 is 1.64 bits per heavy atom. The third-order valence-electron chi connectivity index (χ3n) is 4.70. The van der Waals surface area contributed by atoms with Crippen LogP contribution in [0.25, 0.3) is 16.9 Å². The molecule has 0 aliphatic carbocycles. The lowest BCUT2D eigenvalue weighted by molar-refractivity contribution is 0.586. The molecule has 2 aromatic carbocycles. The largest absolute Gasteiger partial charge is 0.290 e. The van der Waals surface area contributed by atoms with Gasteiger partial charge in [0, 0.05) is 5.56 Å². The van der Waals surface area contributed by atoms with E-state index in [-0.39, 0.29) is 11.0 Å². The van der Waals surface area contributed by atoms with Crippen LogP contribution in [0.4, 0.5) is 0 Å². The molecule has 3 aromatic rings. The van der Waals surface area contributed by atoms with Gasteiger partial charge >= 0.3 is 0 Å². The zero-order chi connectivity index (χ0) is 18.4. The number of rotatable bonds is 2. The zero-order valence-electron chi connectivity index (χ0n) is 15.9. The van der Waals surface area contributed by atoms with Gasteiger partial charge in [-0.2, -0.15) is 0 Å². The van der Waals surface area contributed by atoms with Crippen LogP contribution in [-0.2, 0) is 5.41 Å². The molecule has 0 amide bonds. The predicted octanol–water partition coefficient (Wildman–Crippen LogP) is 5.06. The fourth-order valence-corrected chi connectivity index (χ4v) is 3.19. The minimum atomic E-state index is -0.252. The molecule has 0 aliphatic rings. The molecule has 1 aromatic heterocycles. The number of H-pyrrole nitrogens is 1. The van der Waals surface area contributed by atoms with E-state index >= 15 is 0 Å². The molecule has 0 spiro atoms. The molecule has 0 aliphatic heterocycles. The van der Waals surface area contributed by atoms with Crippen LogP contribution in [0.2, 0.25) is 0 Å². The second kappa shape index (κ2) is 6.07. The topological polar surface area (TPSA) is 37.8 Å². The monoisotopic (exact) mass is 334 g/mol. The Kier molecular flexibility index (Phi) is 4.19. The first kappa shape index (κ1) is 17.3. The molecule has 3 rings (SSSR count). The third kappa shape index (κ3) is 3.19. The Morgan fingerprint density at radius 3 is 2.24 bits per heavy atom. The molecule has 0 atom stereocenters. The highest BCUT2D eigenvalue weighted by Crippen LogP contribution is 2.30. The van der Waals surface area contributed by atoms with Gasteiger partial charge in [0.1, 0.15) is 0 Å². The Hall–Kier alpha value is -2.55. The molecule has 25 heavy (non-hydrogen) atoms. The lowest BCUT2D eigenvalue weighted by Crippen LogP contribution is -2.25. The maximum atomic E-state index is 13.2. The summed E-state index contributed by atoms with van der Waals surface area (Å²) in [5.41, 5.74) is 6.98. The maximum absolute atomic E-state index is 13.2. The van der Waals surface area contributed by atoms with Gasteiger partial charge in [-0.3, -0.25) is 9.89 Å². The summed E-state index contributed by atoms with van der Waals surface area (Å²) in [5, 5.41) is 3.37. The van der Waals surface area contributed by atoms with Crippen LogP contribution < -0.4 is 5.56 Å². The molecular formula is C22H26N2O. The van der Waals surface area contributed by atoms with Crippen molar-refractivity contribution in [1.29, 1.82) is 0 Å². The van der Waals surface area contributed by atoms with Gasteiger partial charge < -0.3 is 0 Å². The number of hydrogen-bond donors (Lipinski definition) is 1. The average Bonchev–Trinajstić information content (AvgIpc) is 2.88. The Labute approximate surface area is 149 Å². The van der Waals surface area contributed by atoms with Crippen LogP contribution in [0.1, 0.15) is 43.0 Å². The standard InChI is InChI=1S/C22H26N2O/c1-14-8-7-9-17(12-14)20-19(22(4,5)6)21(25)24(23-20)18-11-10-15(2)16(3)13-18/h7-13,23H,1-6H3. The number of nitrogens with one attached hydrogen (secondary N) is 1. The Balaban J connectivity index is 2.29. The van der Waals surface area contributed by atoms with E-state index in [1.807, 2.05) is 12.1 Å². The van der Waals surface area contributed by atoms with E-state index in [0.717, 1.165) is 22.5 Å². The first-order chi connectivity index (χ1) is 11.7. The molecule has 3 heteroatoms. The van der Waals surface area contributed by atoms with Crippen molar-refractivity contribution < 1.29 is 0 Å². The zero-order valence-corrected chi connectivity index (χ0v) is 15.9. The first-order valence-electron chi connectivity index (χ1n) is 8.68. The summed E-state index contributed by atoms with van der Waals surface area (Å²) in [7, 11) is 0. The Bertz CT molecular complexity index is 984. The van der Waals surface area contributed by atoms with Crippen LogP contribution in [0, 0.1) is 20.8 Å². The molecule has 0 fully saturated rings. The molecule has 1 N–H and O–H groups in total. The second-order valence-corrected chi connectivity index (χ2v) is 7.89. The summed E-state index contributed by atoms with van der Waals surface area (Å²) in [5.74, 6) is 0. The van der Waals surface area contributed by atoms with E-state index in [2.05, 4.69) is 77.0 Å². The lowest BCUT2D eigenvalue weighted by Gasteiger charge is -2.17. The van der Waals surface area contributed by atoms with Crippen molar-refractivity contribution in [3.8, 4) is 16.9 Å². The molecular weight excluding hydrogens is 308 g/mol. The van der Waals surface area contributed by atoms with Crippen molar-refractivity contribution in [1.82, 2.24) is 9.78 Å². The number of benzene rings is 2. The number of aryl methyl sites for hydroxylation is 3. The molecule has 0 saturated heterocycles. The summed E-state index contributed by atoms with van der Waals surface area (Å²) in [6.45, 7) is 12.5. The number of nitrogens with zero attached hydrogens (tertiary/aromatic N) is 1. The van der Waals surface area contributed by atoms with Gasteiger partial charge in [0.25, 0.3) is 5.56 Å². The molecule has 3 nitrogen and oxygen atoms in total. The van der Waals surface area contributed by atoms with Gasteiger partial charge in [-0.1, -0.05) is 50.6 Å². The van der Waals surface area contributed by atoms with Crippen LogP contribution in [0.3, 0.4) is 0 Å². The van der Waals surface area contributed by atoms with Gasteiger partial charge in [0.05, 0.1) is 16.9 Å². The highest BCUT2D eigenvalue weighted by Gasteiger charge is 2.27. The second-order valence-electron chi connectivity index (χ2n) is 7.89. The fourth-order valence-electron chi connectivity index (χ4n) is 3.19. The molecule has 0 saturated carbocycles. The van der Waals surface area contributed by atoms with Crippen LogP contribution in [0.15, 0.2) is 47.3 Å². The lowest BCUT2D eigenvalue weighted by atomic mass is 9.85. The van der Waals surface area contributed by atoms with Gasteiger partial charge in [0.15, 0.2) is 0 Å². The quantitative estimate of drug-likeness (QED) is 0.699. The fraction of sp³-hybridized carbons (Fsp3) is 0.318. The van der Waals surface area contributed by atoms with Crippen molar-refractivity contribution in [3.63, 3.8) is 0 Å². The van der Waals surface area contributed by atoms with E-state index in [0.29, 0.717) is 0 Å². The van der Waals surface area contributed by atoms with Crippen molar-refractivity contribution in [2.45, 2.75) is 47.0 Å². The van der Waals surface area contributed by atoms with Crippen molar-refractivity contribution >= 4 is 0 Å². The SMILES string of the molecule is Cc1cccc(-c2[nH]n(-c3ccc(C)c(C)c3)c(=O)c2C(C)(C)C)c1. The smallest absolute Gasteiger partial charge is 0.275 e. The van der Waals surface area contributed by atoms with Crippen molar-refractivity contribution in [2.75, 3.05) is 0 Å². The summed E-state index contributed by atoms with van der Waals surface area (Å²) in [6, 6.07) is 14.4. The third-order valence-corrected chi connectivity index (χ3v) is 4.70. The molecule has 0 unspecified atom stereocenters. The van der Waals surface area contributed by atoms with E-state index in [1.54, 1.807) is 4.68 Å². The molecule has 0 radical (unpaired) electrons. The van der Waals surface area contributed by atoms with Crippen LogP contribution in [0.5, 0.6) is 0 Å². The van der Waals surface area contributed by atoms with Gasteiger partial charge in [-0.15, -0.1) is 0 Å². The highest BCUT2D eigenvalue weighted by atomic mass is 16.1. The first-order valence-corrected chi connectivity index (χ1v) is 8.68. The summed E-state index contributed by atoms with van der Waals surface area (Å²) < 4.78 is 1.67. The van der Waals surface area contributed by atoms with E-state index < -0.39 is 0 Å². The van der Waals surface area contributed by atoms with Gasteiger partial charge in [-0.25, -0.2) is 4.68 Å². The normalized spacial score (nSPS) is 11.8. The molecule has 130 valence electrons. The summed E-state index contributed by atoms with van der Waals surface area (Å²) in [6.07, 6.45) is 0. The average molecular weight is 334 g/mol. The van der Waals surface area contributed by atoms with Crippen LogP contribution >= 0.6 is 0 Å². The number of aromatic nitrogens is 2. The van der Waals surface area contributed by atoms with E-state index in [4.69, 9.17) is 0 Å². The summed E-state index contributed by atoms with van der Waals surface area (Å²) in [4.78, 5) is 13.2. The molecule has 0 bridgehead atoms. The van der Waals surface area contributed by atoms with E-state index in [9.17, 15) is 4.79 Å². The number of aromatic amines is 1. The highest BCUT2D eigenvalue weighted by molar-refractivity contribution is 5.65. The van der Waals surface area contributed by atoms with Crippen molar-refractivity contribution in [3.05, 3.63) is 75.1 Å². The summed E-state index contributed by atoms with van der Waals surface area (Å²) >= 11 is 0. The Morgan fingerprint density at radius 1 is 0.920 bits per heavy atom. The minimum Gasteiger partial charge on any atom is -0.290 e. The van der Waals surface area contributed by atoms with Crippen LogP contribution in [-0.4, -0.2) is 9.78 Å². The van der Waals surface area contributed by atoms with Gasteiger partial charge in [0.2, 0.25) is 0 Å². The minimum absolute atomic E-state index is 0.0206. The number of hydrogen-bond acceptors (Lipinski definition) is 1. The molecule has 1 heterocycles. The maximum Gasteiger partial charge on any atom is 0.275 e. The van der Waals surface area contributed by atoms with E-state index in [1.165, 1.54) is 16.7 Å². The van der Waals surface area contributed by atoms with Gasteiger partial charge in [-0.05, 0) is 55.5 Å².